The maximum Gasteiger partial charge on any atom is 1.00 e. The SMILES string of the molecule is CCOCC.CCOCC.Cc1cc([B-](c2ccccc2)(c2ccccc2)c2ccccc2)cc(C(F)(F)F)c1.[Na+]. The molecule has 41 heavy (non-hydrogen) atoms. The van der Waals surface area contributed by atoms with E-state index in [1.165, 1.54) is 12.1 Å². The zero-order valence-electron chi connectivity index (χ0n) is 25.2. The third-order valence-electron chi connectivity index (χ3n) is 6.64. The van der Waals surface area contributed by atoms with Gasteiger partial charge in [-0.25, -0.2) is 0 Å². The minimum absolute atomic E-state index is 0. The van der Waals surface area contributed by atoms with E-state index in [0.717, 1.165) is 42.8 Å². The van der Waals surface area contributed by atoms with Gasteiger partial charge in [0.2, 0.25) is 0 Å². The van der Waals surface area contributed by atoms with Crippen molar-refractivity contribution in [3.63, 3.8) is 0 Å². The molecule has 0 unspecified atom stereocenters. The molecule has 0 atom stereocenters. The van der Waals surface area contributed by atoms with Crippen LogP contribution < -0.4 is 51.4 Å². The molecule has 0 aliphatic heterocycles. The Kier molecular flexibility index (Phi) is 17.0. The molecule has 7 heteroatoms. The molecule has 0 amide bonds. The third-order valence-corrected chi connectivity index (χ3v) is 6.64. The number of aryl methyl sites for hydroxylation is 1. The first-order valence-electron chi connectivity index (χ1n) is 13.9. The van der Waals surface area contributed by atoms with Gasteiger partial charge in [-0.15, -0.1) is 0 Å². The molecule has 0 aliphatic carbocycles. The van der Waals surface area contributed by atoms with Gasteiger partial charge in [-0.05, 0) is 40.7 Å². The molecule has 214 valence electrons. The number of benzene rings is 4. The summed E-state index contributed by atoms with van der Waals surface area (Å²) in [6, 6.07) is 33.9. The second-order valence-corrected chi connectivity index (χ2v) is 9.29. The number of rotatable bonds is 8. The fourth-order valence-electron chi connectivity index (χ4n) is 5.01. The molecule has 0 aromatic heterocycles. The molecule has 4 aromatic carbocycles. The van der Waals surface area contributed by atoms with Crippen LogP contribution in [0.25, 0.3) is 0 Å². The van der Waals surface area contributed by atoms with Crippen LogP contribution in [0.4, 0.5) is 13.2 Å². The van der Waals surface area contributed by atoms with Crippen molar-refractivity contribution in [2.75, 3.05) is 26.4 Å². The van der Waals surface area contributed by atoms with Crippen LogP contribution in [-0.4, -0.2) is 32.6 Å². The first-order chi connectivity index (χ1) is 19.2. The first-order valence-corrected chi connectivity index (χ1v) is 13.9. The molecule has 0 saturated heterocycles. The summed E-state index contributed by atoms with van der Waals surface area (Å²) in [7, 11) is 0. The fraction of sp³-hybridized carbons (Fsp3) is 0.294. The molecule has 0 heterocycles. The Bertz CT molecular complexity index is 1130. The van der Waals surface area contributed by atoms with Gasteiger partial charge >= 0.3 is 35.7 Å². The molecule has 0 radical (unpaired) electrons. The molecule has 4 aromatic rings. The second kappa shape index (κ2) is 19.0. The van der Waals surface area contributed by atoms with Crippen LogP contribution in [0.5, 0.6) is 0 Å². The summed E-state index contributed by atoms with van der Waals surface area (Å²) in [5.41, 5.74) is 3.57. The van der Waals surface area contributed by atoms with E-state index in [0.29, 0.717) is 11.0 Å². The van der Waals surface area contributed by atoms with E-state index < -0.39 is 17.9 Å². The summed E-state index contributed by atoms with van der Waals surface area (Å²) in [5.74, 6) is 0. The second-order valence-electron chi connectivity index (χ2n) is 9.29. The zero-order chi connectivity index (χ0) is 29.4. The molecule has 4 rings (SSSR count). The van der Waals surface area contributed by atoms with Crippen molar-refractivity contribution >= 4 is 28.0 Å². The van der Waals surface area contributed by atoms with Crippen LogP contribution in [0.2, 0.25) is 0 Å². The molecule has 0 bridgehead atoms. The largest absolute Gasteiger partial charge is 1.00 e. The van der Waals surface area contributed by atoms with Gasteiger partial charge in [0.25, 0.3) is 0 Å². The normalized spacial score (nSPS) is 10.8. The van der Waals surface area contributed by atoms with Gasteiger partial charge in [-0.2, -0.15) is 35.0 Å². The predicted molar refractivity (Wildman–Crippen MR) is 164 cm³/mol. The van der Waals surface area contributed by atoms with Gasteiger partial charge in [-0.3, -0.25) is 0 Å². The van der Waals surface area contributed by atoms with Gasteiger partial charge in [-0.1, -0.05) is 109 Å². The van der Waals surface area contributed by atoms with Crippen LogP contribution in [0.3, 0.4) is 0 Å². The van der Waals surface area contributed by atoms with Gasteiger partial charge in [0.05, 0.1) is 5.56 Å². The summed E-state index contributed by atoms with van der Waals surface area (Å²) in [6.45, 7) is 13.1. The molecule has 0 spiro atoms. The van der Waals surface area contributed by atoms with Crippen molar-refractivity contribution in [2.24, 2.45) is 0 Å². The average Bonchev–Trinajstić information content (AvgIpc) is 2.96. The van der Waals surface area contributed by atoms with Crippen molar-refractivity contribution in [1.29, 1.82) is 0 Å². The molecule has 0 saturated carbocycles. The fourth-order valence-corrected chi connectivity index (χ4v) is 5.01. The van der Waals surface area contributed by atoms with Crippen molar-refractivity contribution in [1.82, 2.24) is 0 Å². The molecular formula is C34H41BF3NaO2. The van der Waals surface area contributed by atoms with E-state index in [1.54, 1.807) is 6.92 Å². The topological polar surface area (TPSA) is 18.5 Å². The monoisotopic (exact) mass is 572 g/mol. The van der Waals surface area contributed by atoms with E-state index >= 15 is 0 Å². The Morgan fingerprint density at radius 1 is 0.537 bits per heavy atom. The smallest absolute Gasteiger partial charge is 0.382 e. The summed E-state index contributed by atoms with van der Waals surface area (Å²) in [5, 5.41) is 0. The van der Waals surface area contributed by atoms with E-state index in [4.69, 9.17) is 9.47 Å². The Morgan fingerprint density at radius 2 is 0.878 bits per heavy atom. The average molecular weight is 572 g/mol. The van der Waals surface area contributed by atoms with Gasteiger partial charge in [0.15, 0.2) is 0 Å². The molecule has 0 aliphatic rings. The number of hydrogen-bond acceptors (Lipinski definition) is 2. The van der Waals surface area contributed by atoms with Gasteiger partial charge < -0.3 is 9.47 Å². The summed E-state index contributed by atoms with van der Waals surface area (Å²) in [4.78, 5) is 0. The molecule has 0 fully saturated rings. The van der Waals surface area contributed by atoms with Crippen LogP contribution in [0.15, 0.2) is 109 Å². The van der Waals surface area contributed by atoms with Crippen molar-refractivity contribution < 1.29 is 52.2 Å². The maximum atomic E-state index is 13.8. The van der Waals surface area contributed by atoms with Crippen LogP contribution in [-0.2, 0) is 15.7 Å². The minimum atomic E-state index is -4.41. The Labute approximate surface area is 266 Å². The summed E-state index contributed by atoms with van der Waals surface area (Å²) < 4.78 is 50.9. The standard InChI is InChI=1S/C26H21BF3.2C4H10O.Na/c1-20-17-21(26(28,29)30)19-25(18-20)27(22-11-5-2-6-12-22,23-13-7-3-8-14-23)24-15-9-4-10-16-24;2*1-3-5-4-2;/h2-19H,1H3;2*3-4H2,1-2H3;/q-1;;;+1. The minimum Gasteiger partial charge on any atom is -0.382 e. The zero-order valence-corrected chi connectivity index (χ0v) is 27.2. The van der Waals surface area contributed by atoms with Gasteiger partial charge in [0, 0.05) is 26.4 Å². The third kappa shape index (κ3) is 10.5. The van der Waals surface area contributed by atoms with E-state index in [-0.39, 0.29) is 29.6 Å². The number of ether oxygens (including phenoxy) is 2. The number of halogens is 3. The molecule has 0 N–H and O–H groups in total. The number of hydrogen-bond donors (Lipinski definition) is 0. The van der Waals surface area contributed by atoms with E-state index in [9.17, 15) is 13.2 Å². The molecular weight excluding hydrogens is 531 g/mol. The van der Waals surface area contributed by atoms with Crippen LogP contribution in [0.1, 0.15) is 38.8 Å². The van der Waals surface area contributed by atoms with Gasteiger partial charge in [0.1, 0.15) is 6.15 Å². The van der Waals surface area contributed by atoms with E-state index in [2.05, 4.69) is 0 Å². The Hall–Kier alpha value is -2.35. The van der Waals surface area contributed by atoms with Crippen molar-refractivity contribution in [3.8, 4) is 0 Å². The van der Waals surface area contributed by atoms with Crippen molar-refractivity contribution in [3.05, 3.63) is 120 Å². The van der Waals surface area contributed by atoms with Crippen LogP contribution >= 0.6 is 0 Å². The van der Waals surface area contributed by atoms with E-state index in [1.807, 2.05) is 125 Å². The number of alkyl halides is 3. The molecule has 2 nitrogen and oxygen atoms in total. The van der Waals surface area contributed by atoms with Crippen molar-refractivity contribution in [2.45, 2.75) is 40.8 Å². The quantitative estimate of drug-likeness (QED) is 0.301. The predicted octanol–water partition coefficient (Wildman–Crippen LogP) is 3.48. The van der Waals surface area contributed by atoms with Crippen LogP contribution in [0, 0.1) is 6.92 Å². The maximum absolute atomic E-state index is 13.8. The summed E-state index contributed by atoms with van der Waals surface area (Å²) in [6.07, 6.45) is -6.22. The Morgan fingerprint density at radius 3 is 1.15 bits per heavy atom. The first kappa shape index (κ1) is 36.7. The summed E-state index contributed by atoms with van der Waals surface area (Å²) >= 11 is 0. The Balaban J connectivity index is 0.000000661.